The molecular formula is C22H28ClN5O2. The maximum absolute atomic E-state index is 13.1. The minimum absolute atomic E-state index is 0.154. The molecule has 2 aromatic rings. The van der Waals surface area contributed by atoms with Crippen LogP contribution in [-0.2, 0) is 15.0 Å². The van der Waals surface area contributed by atoms with E-state index >= 15 is 0 Å². The summed E-state index contributed by atoms with van der Waals surface area (Å²) in [5.74, 6) is 0.161. The third-order valence-corrected chi connectivity index (χ3v) is 6.29. The summed E-state index contributed by atoms with van der Waals surface area (Å²) in [6, 6.07) is 9.10. The number of hydrazine groups is 1. The van der Waals surface area contributed by atoms with Crippen molar-refractivity contribution in [3.8, 4) is 0 Å². The summed E-state index contributed by atoms with van der Waals surface area (Å²) in [5.41, 5.74) is 5.49. The smallest absolute Gasteiger partial charge is 0.249 e. The summed E-state index contributed by atoms with van der Waals surface area (Å²) < 4.78 is 0. The topological polar surface area (TPSA) is 87.2 Å². The predicted molar refractivity (Wildman–Crippen MR) is 117 cm³/mol. The van der Waals surface area contributed by atoms with Crippen LogP contribution < -0.4 is 15.8 Å². The number of carbonyl (C=O) groups is 2. The lowest BCUT2D eigenvalue weighted by Gasteiger charge is -2.33. The predicted octanol–water partition coefficient (Wildman–Crippen LogP) is 3.25. The Morgan fingerprint density at radius 2 is 1.67 bits per heavy atom. The number of anilines is 1. The zero-order valence-electron chi connectivity index (χ0n) is 17.4. The van der Waals surface area contributed by atoms with Gasteiger partial charge in [0.2, 0.25) is 17.8 Å². The van der Waals surface area contributed by atoms with E-state index in [1.54, 1.807) is 30.6 Å². The number of rotatable bonds is 6. The number of benzene rings is 1. The molecule has 2 N–H and O–H groups in total. The van der Waals surface area contributed by atoms with Gasteiger partial charge >= 0.3 is 0 Å². The molecular weight excluding hydrogens is 402 g/mol. The molecule has 2 heterocycles. The van der Waals surface area contributed by atoms with Crippen LogP contribution in [0.2, 0.25) is 5.02 Å². The highest BCUT2D eigenvalue weighted by molar-refractivity contribution is 6.30. The first-order valence-corrected chi connectivity index (χ1v) is 10.8. The molecule has 7 nitrogen and oxygen atoms in total. The summed E-state index contributed by atoms with van der Waals surface area (Å²) in [4.78, 5) is 36.3. The molecule has 0 bridgehead atoms. The van der Waals surface area contributed by atoms with Gasteiger partial charge in [-0.3, -0.25) is 20.4 Å². The Kier molecular flexibility index (Phi) is 7.26. The van der Waals surface area contributed by atoms with Gasteiger partial charge in [0.15, 0.2) is 0 Å². The van der Waals surface area contributed by atoms with Crippen molar-refractivity contribution in [3.05, 3.63) is 53.3 Å². The lowest BCUT2D eigenvalue weighted by molar-refractivity contribution is -0.134. The molecule has 0 radical (unpaired) electrons. The van der Waals surface area contributed by atoms with Crippen molar-refractivity contribution >= 4 is 29.4 Å². The second-order valence-corrected chi connectivity index (χ2v) is 7.99. The van der Waals surface area contributed by atoms with Gasteiger partial charge in [0.05, 0.1) is 5.41 Å². The average molecular weight is 430 g/mol. The fourth-order valence-corrected chi connectivity index (χ4v) is 4.14. The van der Waals surface area contributed by atoms with Gasteiger partial charge in [-0.2, -0.15) is 0 Å². The van der Waals surface area contributed by atoms with E-state index in [9.17, 15) is 9.59 Å². The van der Waals surface area contributed by atoms with Crippen LogP contribution in [0.15, 0.2) is 42.7 Å². The number of amides is 2. The van der Waals surface area contributed by atoms with Gasteiger partial charge in [0, 0.05) is 36.4 Å². The molecule has 2 amide bonds. The van der Waals surface area contributed by atoms with Crippen LogP contribution in [0.3, 0.4) is 0 Å². The molecule has 1 aromatic heterocycles. The number of halogens is 1. The van der Waals surface area contributed by atoms with E-state index in [0.717, 1.165) is 5.56 Å². The molecule has 8 heteroatoms. The van der Waals surface area contributed by atoms with Crippen LogP contribution in [0.5, 0.6) is 0 Å². The molecule has 1 aromatic carbocycles. The van der Waals surface area contributed by atoms with Crippen molar-refractivity contribution in [1.82, 2.24) is 20.8 Å². The van der Waals surface area contributed by atoms with E-state index in [1.807, 2.05) is 26.0 Å². The number of nitrogens with zero attached hydrogens (tertiary/aromatic N) is 3. The Morgan fingerprint density at radius 3 is 2.23 bits per heavy atom. The van der Waals surface area contributed by atoms with Crippen LogP contribution in [0.25, 0.3) is 0 Å². The molecule has 1 fully saturated rings. The lowest BCUT2D eigenvalue weighted by atomic mass is 9.75. The van der Waals surface area contributed by atoms with Crippen LogP contribution in [-0.4, -0.2) is 34.9 Å². The fraction of sp³-hybridized carbons (Fsp3) is 0.455. The number of aromatic nitrogens is 2. The van der Waals surface area contributed by atoms with Crippen molar-refractivity contribution in [1.29, 1.82) is 0 Å². The molecule has 160 valence electrons. The lowest BCUT2D eigenvalue weighted by Crippen LogP contribution is -2.53. The van der Waals surface area contributed by atoms with E-state index in [-0.39, 0.29) is 17.7 Å². The Bertz CT molecular complexity index is 848. The quantitative estimate of drug-likeness (QED) is 0.688. The summed E-state index contributed by atoms with van der Waals surface area (Å²) in [6.07, 6.45) is 6.02. The van der Waals surface area contributed by atoms with Gasteiger partial charge in [-0.25, -0.2) is 9.97 Å². The van der Waals surface area contributed by atoms with Crippen molar-refractivity contribution in [3.63, 3.8) is 0 Å². The van der Waals surface area contributed by atoms with Gasteiger partial charge in [-0.05, 0) is 49.4 Å². The number of hydrogen-bond donors (Lipinski definition) is 2. The molecule has 0 unspecified atom stereocenters. The SMILES string of the molecule is CCC(CC)(C(=O)NNC(=O)C1CCN(c2ncccn2)CC1)c1ccc(Cl)cc1. The maximum Gasteiger partial charge on any atom is 0.249 e. The maximum atomic E-state index is 13.1. The van der Waals surface area contributed by atoms with E-state index < -0.39 is 5.41 Å². The van der Waals surface area contributed by atoms with E-state index in [0.29, 0.717) is 49.7 Å². The van der Waals surface area contributed by atoms with Crippen LogP contribution in [0, 0.1) is 5.92 Å². The zero-order valence-corrected chi connectivity index (χ0v) is 18.2. The van der Waals surface area contributed by atoms with E-state index in [2.05, 4.69) is 25.7 Å². The molecule has 0 aliphatic carbocycles. The molecule has 0 atom stereocenters. The van der Waals surface area contributed by atoms with Crippen molar-refractivity contribution in [2.75, 3.05) is 18.0 Å². The van der Waals surface area contributed by atoms with Crippen molar-refractivity contribution in [2.24, 2.45) is 5.92 Å². The number of nitrogens with one attached hydrogen (secondary N) is 2. The van der Waals surface area contributed by atoms with E-state index in [1.165, 1.54) is 0 Å². The Hall–Kier alpha value is -2.67. The highest BCUT2D eigenvalue weighted by atomic mass is 35.5. The summed E-state index contributed by atoms with van der Waals surface area (Å²) in [7, 11) is 0. The van der Waals surface area contributed by atoms with Crippen LogP contribution >= 0.6 is 11.6 Å². The standard InChI is InChI=1S/C22H28ClN5O2/c1-3-22(4-2,17-6-8-18(23)9-7-17)20(30)27-26-19(29)16-10-14-28(15-11-16)21-24-12-5-13-25-21/h5-9,12-13,16H,3-4,10-11,14-15H2,1-2H3,(H,26,29)(H,27,30). The Labute approximate surface area is 182 Å². The molecule has 1 aliphatic heterocycles. The monoisotopic (exact) mass is 429 g/mol. The Balaban J connectivity index is 1.57. The first kappa shape index (κ1) is 22.0. The minimum atomic E-state index is -0.716. The zero-order chi connectivity index (χ0) is 21.6. The third-order valence-electron chi connectivity index (χ3n) is 6.04. The number of piperidine rings is 1. The van der Waals surface area contributed by atoms with E-state index in [4.69, 9.17) is 11.6 Å². The summed E-state index contributed by atoms with van der Waals surface area (Å²) in [5, 5.41) is 0.626. The molecule has 30 heavy (non-hydrogen) atoms. The van der Waals surface area contributed by atoms with Crippen molar-refractivity contribution < 1.29 is 9.59 Å². The second-order valence-electron chi connectivity index (χ2n) is 7.55. The number of hydrogen-bond acceptors (Lipinski definition) is 5. The van der Waals surface area contributed by atoms with Gasteiger partial charge in [0.25, 0.3) is 0 Å². The Morgan fingerprint density at radius 1 is 1.07 bits per heavy atom. The third kappa shape index (κ3) is 4.73. The first-order valence-electron chi connectivity index (χ1n) is 10.4. The second kappa shape index (κ2) is 9.89. The van der Waals surface area contributed by atoms with Crippen LogP contribution in [0.4, 0.5) is 5.95 Å². The molecule has 3 rings (SSSR count). The van der Waals surface area contributed by atoms with Gasteiger partial charge < -0.3 is 4.90 Å². The average Bonchev–Trinajstić information content (AvgIpc) is 2.80. The van der Waals surface area contributed by atoms with Gasteiger partial charge in [0.1, 0.15) is 0 Å². The fourth-order valence-electron chi connectivity index (χ4n) is 4.02. The highest BCUT2D eigenvalue weighted by Gasteiger charge is 2.37. The largest absolute Gasteiger partial charge is 0.341 e. The summed E-state index contributed by atoms with van der Waals surface area (Å²) >= 11 is 6.00. The van der Waals surface area contributed by atoms with Gasteiger partial charge in [-0.1, -0.05) is 37.6 Å². The number of carbonyl (C=O) groups excluding carboxylic acids is 2. The molecule has 1 saturated heterocycles. The highest BCUT2D eigenvalue weighted by Crippen LogP contribution is 2.32. The van der Waals surface area contributed by atoms with Crippen molar-refractivity contribution in [2.45, 2.75) is 44.9 Å². The van der Waals surface area contributed by atoms with Gasteiger partial charge in [-0.15, -0.1) is 0 Å². The molecule has 0 saturated carbocycles. The van der Waals surface area contributed by atoms with Crippen LogP contribution in [0.1, 0.15) is 45.1 Å². The minimum Gasteiger partial charge on any atom is -0.341 e. The normalized spacial score (nSPS) is 15.0. The summed E-state index contributed by atoms with van der Waals surface area (Å²) in [6.45, 7) is 5.35. The molecule has 0 spiro atoms. The molecule has 1 aliphatic rings. The first-order chi connectivity index (χ1) is 14.5.